The minimum Gasteiger partial charge on any atom is -0.356 e. The fraction of sp³-hybridized carbons (Fsp3) is 0.417. The molecule has 0 fully saturated rings. The summed E-state index contributed by atoms with van der Waals surface area (Å²) in [5.74, 6) is 0.408. The van der Waals surface area contributed by atoms with Crippen LogP contribution in [0.4, 0.5) is 0 Å². The molecule has 2 heterocycles. The average molecular weight is 204 g/mol. The van der Waals surface area contributed by atoms with Gasteiger partial charge in [-0.1, -0.05) is 26.0 Å². The van der Waals surface area contributed by atoms with Gasteiger partial charge in [-0.3, -0.25) is 4.79 Å². The first-order valence-electron chi connectivity index (χ1n) is 5.30. The maximum Gasteiger partial charge on any atom is 0.268 e. The van der Waals surface area contributed by atoms with Gasteiger partial charge in [0, 0.05) is 17.8 Å². The highest BCUT2D eigenvalue weighted by molar-refractivity contribution is 5.98. The summed E-state index contributed by atoms with van der Waals surface area (Å²) in [6.07, 6.45) is 5.97. The first-order chi connectivity index (χ1) is 7.09. The van der Waals surface area contributed by atoms with E-state index in [1.165, 1.54) is 5.56 Å². The Morgan fingerprint density at radius 1 is 1.40 bits per heavy atom. The molecule has 1 aromatic heterocycles. The van der Waals surface area contributed by atoms with Crippen molar-refractivity contribution in [3.8, 4) is 0 Å². The maximum absolute atomic E-state index is 11.8. The zero-order chi connectivity index (χ0) is 11.0. The molecule has 3 nitrogen and oxygen atoms in total. The van der Waals surface area contributed by atoms with E-state index >= 15 is 0 Å². The van der Waals surface area contributed by atoms with Gasteiger partial charge in [-0.15, -0.1) is 0 Å². The number of carbonyl (C=O) groups excluding carboxylic acids is 1. The highest BCUT2D eigenvalue weighted by Crippen LogP contribution is 2.25. The standard InChI is InChI=1S/C12H16N2O/c1-7(2)10-6-13-11-9(10)5-4-8(3)14-12(11)15/h4-8,13H,1-3H3,(H,14,15). The summed E-state index contributed by atoms with van der Waals surface area (Å²) in [7, 11) is 0. The van der Waals surface area contributed by atoms with Crippen LogP contribution in [0.25, 0.3) is 6.08 Å². The van der Waals surface area contributed by atoms with Crippen LogP contribution in [0.2, 0.25) is 0 Å². The number of hydrogen-bond acceptors (Lipinski definition) is 1. The van der Waals surface area contributed by atoms with Gasteiger partial charge in [0.2, 0.25) is 0 Å². The summed E-state index contributed by atoms with van der Waals surface area (Å²) in [5.41, 5.74) is 2.91. The normalized spacial score (nSPS) is 20.0. The summed E-state index contributed by atoms with van der Waals surface area (Å²) in [5, 5.41) is 2.89. The lowest BCUT2D eigenvalue weighted by atomic mass is 10.00. The van der Waals surface area contributed by atoms with Gasteiger partial charge in [0.15, 0.2) is 0 Å². The molecule has 1 aromatic rings. The molecule has 1 amide bonds. The summed E-state index contributed by atoms with van der Waals surface area (Å²) in [6, 6.07) is 0.0957. The van der Waals surface area contributed by atoms with E-state index in [2.05, 4.69) is 24.1 Å². The van der Waals surface area contributed by atoms with E-state index in [1.54, 1.807) is 0 Å². The topological polar surface area (TPSA) is 44.9 Å². The second-order valence-corrected chi connectivity index (χ2v) is 4.31. The van der Waals surface area contributed by atoms with Crippen molar-refractivity contribution in [2.45, 2.75) is 32.7 Å². The fourth-order valence-electron chi connectivity index (χ4n) is 1.86. The van der Waals surface area contributed by atoms with Gasteiger partial charge in [0.1, 0.15) is 5.69 Å². The number of hydrogen-bond donors (Lipinski definition) is 2. The van der Waals surface area contributed by atoms with Crippen molar-refractivity contribution in [2.75, 3.05) is 0 Å². The number of rotatable bonds is 1. The zero-order valence-corrected chi connectivity index (χ0v) is 9.29. The molecule has 2 N–H and O–H groups in total. The number of fused-ring (bicyclic) bond motifs is 1. The van der Waals surface area contributed by atoms with Crippen LogP contribution in [-0.4, -0.2) is 16.9 Å². The first-order valence-corrected chi connectivity index (χ1v) is 5.30. The predicted octanol–water partition coefficient (Wildman–Crippen LogP) is 2.28. The fourth-order valence-corrected chi connectivity index (χ4v) is 1.86. The lowest BCUT2D eigenvalue weighted by Gasteiger charge is -2.05. The number of aromatic amines is 1. The molecule has 80 valence electrons. The van der Waals surface area contributed by atoms with Gasteiger partial charge in [0.25, 0.3) is 5.91 Å². The smallest absolute Gasteiger partial charge is 0.268 e. The van der Waals surface area contributed by atoms with Gasteiger partial charge in [-0.25, -0.2) is 0 Å². The second-order valence-electron chi connectivity index (χ2n) is 4.31. The number of nitrogens with one attached hydrogen (secondary N) is 2. The van der Waals surface area contributed by atoms with Crippen LogP contribution in [0.3, 0.4) is 0 Å². The van der Waals surface area contributed by atoms with Crippen molar-refractivity contribution in [3.05, 3.63) is 29.1 Å². The SMILES string of the molecule is CC1C=Cc2c(C(C)C)c[nH]c2C(=O)N1. The number of amides is 1. The van der Waals surface area contributed by atoms with E-state index in [1.807, 2.05) is 25.3 Å². The molecular formula is C12H16N2O. The first kappa shape index (κ1) is 10.0. The molecule has 1 atom stereocenters. The Morgan fingerprint density at radius 3 is 2.80 bits per heavy atom. The van der Waals surface area contributed by atoms with E-state index in [0.717, 1.165) is 5.56 Å². The molecule has 1 aliphatic heterocycles. The number of H-pyrrole nitrogens is 1. The monoisotopic (exact) mass is 204 g/mol. The van der Waals surface area contributed by atoms with Crippen LogP contribution in [-0.2, 0) is 0 Å². The van der Waals surface area contributed by atoms with Crippen molar-refractivity contribution < 1.29 is 4.79 Å². The second kappa shape index (κ2) is 3.57. The van der Waals surface area contributed by atoms with Crippen LogP contribution in [0, 0.1) is 0 Å². The Labute approximate surface area is 89.6 Å². The van der Waals surface area contributed by atoms with Crippen molar-refractivity contribution >= 4 is 12.0 Å². The maximum atomic E-state index is 11.8. The molecule has 0 radical (unpaired) electrons. The van der Waals surface area contributed by atoms with Gasteiger partial charge in [0.05, 0.1) is 0 Å². The van der Waals surface area contributed by atoms with Crippen molar-refractivity contribution in [1.82, 2.24) is 10.3 Å². The molecular weight excluding hydrogens is 188 g/mol. The van der Waals surface area contributed by atoms with E-state index in [4.69, 9.17) is 0 Å². The van der Waals surface area contributed by atoms with E-state index in [9.17, 15) is 4.79 Å². The van der Waals surface area contributed by atoms with Crippen molar-refractivity contribution in [1.29, 1.82) is 0 Å². The van der Waals surface area contributed by atoms with Gasteiger partial charge in [-0.2, -0.15) is 0 Å². The molecule has 2 rings (SSSR count). The molecule has 1 aliphatic rings. The molecule has 0 saturated carbocycles. The predicted molar refractivity (Wildman–Crippen MR) is 60.8 cm³/mol. The molecule has 0 aromatic carbocycles. The molecule has 0 aliphatic carbocycles. The number of aromatic nitrogens is 1. The third-order valence-electron chi connectivity index (χ3n) is 2.71. The minimum absolute atomic E-state index is 0.0191. The highest BCUT2D eigenvalue weighted by atomic mass is 16.1. The van der Waals surface area contributed by atoms with Crippen molar-refractivity contribution in [3.63, 3.8) is 0 Å². The highest BCUT2D eigenvalue weighted by Gasteiger charge is 2.20. The molecule has 1 unspecified atom stereocenters. The van der Waals surface area contributed by atoms with Crippen molar-refractivity contribution in [2.24, 2.45) is 0 Å². The van der Waals surface area contributed by atoms with E-state index in [0.29, 0.717) is 11.6 Å². The minimum atomic E-state index is -0.0191. The quantitative estimate of drug-likeness (QED) is 0.724. The van der Waals surface area contributed by atoms with Gasteiger partial charge < -0.3 is 10.3 Å². The molecule has 0 bridgehead atoms. The zero-order valence-electron chi connectivity index (χ0n) is 9.29. The Hall–Kier alpha value is -1.51. The Balaban J connectivity index is 2.52. The number of carbonyl (C=O) groups is 1. The third-order valence-corrected chi connectivity index (χ3v) is 2.71. The average Bonchev–Trinajstić information content (AvgIpc) is 2.52. The third kappa shape index (κ3) is 1.69. The summed E-state index contributed by atoms with van der Waals surface area (Å²) < 4.78 is 0. The van der Waals surface area contributed by atoms with Crippen LogP contribution in [0.5, 0.6) is 0 Å². The van der Waals surface area contributed by atoms with Gasteiger partial charge >= 0.3 is 0 Å². The Morgan fingerprint density at radius 2 is 2.13 bits per heavy atom. The molecule has 15 heavy (non-hydrogen) atoms. The molecule has 0 spiro atoms. The Kier molecular flexibility index (Phi) is 2.39. The summed E-state index contributed by atoms with van der Waals surface area (Å²) in [6.45, 7) is 6.22. The van der Waals surface area contributed by atoms with Crippen LogP contribution in [0.15, 0.2) is 12.3 Å². The summed E-state index contributed by atoms with van der Waals surface area (Å²) >= 11 is 0. The van der Waals surface area contributed by atoms with Crippen LogP contribution >= 0.6 is 0 Å². The van der Waals surface area contributed by atoms with Crippen LogP contribution < -0.4 is 5.32 Å². The molecule has 0 saturated heterocycles. The lowest BCUT2D eigenvalue weighted by molar-refractivity contribution is 0.0943. The van der Waals surface area contributed by atoms with Gasteiger partial charge in [-0.05, 0) is 18.4 Å². The Bertz CT molecular complexity index is 415. The van der Waals surface area contributed by atoms with E-state index < -0.39 is 0 Å². The van der Waals surface area contributed by atoms with E-state index in [-0.39, 0.29) is 11.9 Å². The summed E-state index contributed by atoms with van der Waals surface area (Å²) in [4.78, 5) is 14.8. The molecule has 3 heteroatoms. The van der Waals surface area contributed by atoms with Crippen LogP contribution in [0.1, 0.15) is 48.3 Å². The largest absolute Gasteiger partial charge is 0.356 e. The lowest BCUT2D eigenvalue weighted by Crippen LogP contribution is -2.30.